The van der Waals surface area contributed by atoms with Crippen LogP contribution in [0, 0.1) is 18.8 Å². The van der Waals surface area contributed by atoms with Crippen molar-refractivity contribution in [1.82, 2.24) is 10.3 Å². The third kappa shape index (κ3) is 2.76. The van der Waals surface area contributed by atoms with Crippen LogP contribution in [0.25, 0.3) is 0 Å². The fraction of sp³-hybridized carbons (Fsp3) is 0.500. The lowest BCUT2D eigenvalue weighted by Crippen LogP contribution is -2.27. The maximum absolute atomic E-state index is 12.0. The van der Waals surface area contributed by atoms with Crippen LogP contribution >= 0.6 is 11.6 Å². The summed E-state index contributed by atoms with van der Waals surface area (Å²) in [5.41, 5.74) is 1.57. The molecule has 1 aromatic heterocycles. The lowest BCUT2D eigenvalue weighted by Gasteiger charge is -2.14. The van der Waals surface area contributed by atoms with Gasteiger partial charge < -0.3 is 10.6 Å². The van der Waals surface area contributed by atoms with Gasteiger partial charge in [-0.25, -0.2) is 4.98 Å². The lowest BCUT2D eigenvalue weighted by atomic mass is 9.97. The third-order valence-corrected chi connectivity index (χ3v) is 3.53. The maximum Gasteiger partial charge on any atom is 0.229 e. The highest BCUT2D eigenvalue weighted by Crippen LogP contribution is 2.20. The van der Waals surface area contributed by atoms with Gasteiger partial charge in [-0.05, 0) is 31.0 Å². The molecular formula is C12H16ClN3O. The number of aryl methyl sites for hydroxylation is 1. The van der Waals surface area contributed by atoms with Gasteiger partial charge in [0.25, 0.3) is 0 Å². The van der Waals surface area contributed by atoms with Gasteiger partial charge in [0.05, 0.1) is 17.8 Å². The first kappa shape index (κ1) is 12.3. The summed E-state index contributed by atoms with van der Waals surface area (Å²) in [6.45, 7) is 5.59. The first-order chi connectivity index (χ1) is 8.08. The molecule has 1 aliphatic heterocycles. The predicted octanol–water partition coefficient (Wildman–Crippen LogP) is 1.84. The number of halogens is 1. The van der Waals surface area contributed by atoms with E-state index in [1.54, 1.807) is 6.20 Å². The minimum absolute atomic E-state index is 0.0333. The summed E-state index contributed by atoms with van der Waals surface area (Å²) in [4.78, 5) is 16.0. The van der Waals surface area contributed by atoms with Crippen molar-refractivity contribution in [1.29, 1.82) is 0 Å². The Morgan fingerprint density at radius 1 is 1.59 bits per heavy atom. The van der Waals surface area contributed by atoms with Crippen LogP contribution in [0.3, 0.4) is 0 Å². The Balaban J connectivity index is 2.05. The van der Waals surface area contributed by atoms with Crippen LogP contribution in [-0.4, -0.2) is 24.0 Å². The number of nitrogens with zero attached hydrogens (tertiary/aromatic N) is 1. The number of amides is 1. The van der Waals surface area contributed by atoms with Crippen LogP contribution in [0.1, 0.15) is 12.5 Å². The number of hydrogen-bond acceptors (Lipinski definition) is 3. The molecule has 0 unspecified atom stereocenters. The number of carbonyl (C=O) groups is 1. The molecule has 2 heterocycles. The van der Waals surface area contributed by atoms with Crippen LogP contribution < -0.4 is 10.6 Å². The minimum atomic E-state index is 0.0333. The fourth-order valence-electron chi connectivity index (χ4n) is 2.02. The number of rotatable bonds is 2. The normalized spacial score (nSPS) is 23.7. The van der Waals surface area contributed by atoms with Crippen molar-refractivity contribution in [2.75, 3.05) is 18.4 Å². The van der Waals surface area contributed by atoms with Crippen molar-refractivity contribution < 1.29 is 4.79 Å². The van der Waals surface area contributed by atoms with Gasteiger partial charge in [0.1, 0.15) is 5.15 Å². The van der Waals surface area contributed by atoms with E-state index in [4.69, 9.17) is 11.6 Å². The van der Waals surface area contributed by atoms with E-state index in [9.17, 15) is 4.79 Å². The monoisotopic (exact) mass is 253 g/mol. The summed E-state index contributed by atoms with van der Waals surface area (Å²) < 4.78 is 0. The van der Waals surface area contributed by atoms with Gasteiger partial charge in [0.15, 0.2) is 0 Å². The highest BCUT2D eigenvalue weighted by atomic mass is 35.5. The molecule has 0 aromatic carbocycles. The van der Waals surface area contributed by atoms with E-state index in [1.807, 2.05) is 13.0 Å². The zero-order valence-corrected chi connectivity index (χ0v) is 10.7. The number of nitrogens with one attached hydrogen (secondary N) is 2. The molecule has 92 valence electrons. The molecular weight excluding hydrogens is 238 g/mol. The van der Waals surface area contributed by atoms with E-state index in [0.29, 0.717) is 16.8 Å². The topological polar surface area (TPSA) is 54.0 Å². The smallest absolute Gasteiger partial charge is 0.229 e. The standard InChI is InChI=1S/C12H16ClN3O/c1-7-3-9(5-15-11(7)13)16-12(17)10-6-14-4-8(10)2/h3,5,8,10,14H,4,6H2,1-2H3,(H,16,17)/t8-,10-/m1/s1. The molecule has 0 aliphatic carbocycles. The van der Waals surface area contributed by atoms with Gasteiger partial charge in [0.2, 0.25) is 5.91 Å². The summed E-state index contributed by atoms with van der Waals surface area (Å²) >= 11 is 5.83. The van der Waals surface area contributed by atoms with E-state index < -0.39 is 0 Å². The van der Waals surface area contributed by atoms with E-state index in [1.165, 1.54) is 0 Å². The average molecular weight is 254 g/mol. The molecule has 5 heteroatoms. The number of anilines is 1. The first-order valence-corrected chi connectivity index (χ1v) is 6.09. The SMILES string of the molecule is Cc1cc(NC(=O)[C@@H]2CNC[C@H]2C)cnc1Cl. The second-order valence-electron chi connectivity index (χ2n) is 4.56. The van der Waals surface area contributed by atoms with Crippen molar-refractivity contribution >= 4 is 23.2 Å². The summed E-state index contributed by atoms with van der Waals surface area (Å²) in [6.07, 6.45) is 1.58. The van der Waals surface area contributed by atoms with Crippen molar-refractivity contribution in [3.05, 3.63) is 23.0 Å². The van der Waals surface area contributed by atoms with Crippen LogP contribution in [0.5, 0.6) is 0 Å². The number of hydrogen-bond donors (Lipinski definition) is 2. The first-order valence-electron chi connectivity index (χ1n) is 5.71. The van der Waals surface area contributed by atoms with Crippen molar-refractivity contribution in [3.8, 4) is 0 Å². The highest BCUT2D eigenvalue weighted by Gasteiger charge is 2.29. The molecule has 0 spiro atoms. The Hall–Kier alpha value is -1.13. The Kier molecular flexibility index (Phi) is 3.64. The van der Waals surface area contributed by atoms with Gasteiger partial charge in [-0.1, -0.05) is 18.5 Å². The largest absolute Gasteiger partial charge is 0.324 e. The fourth-order valence-corrected chi connectivity index (χ4v) is 2.13. The quantitative estimate of drug-likeness (QED) is 0.791. The summed E-state index contributed by atoms with van der Waals surface area (Å²) in [5, 5.41) is 6.57. The third-order valence-electron chi connectivity index (χ3n) is 3.14. The zero-order chi connectivity index (χ0) is 12.4. The molecule has 1 fully saturated rings. The van der Waals surface area contributed by atoms with Crippen LogP contribution in [0.4, 0.5) is 5.69 Å². The minimum Gasteiger partial charge on any atom is -0.324 e. The lowest BCUT2D eigenvalue weighted by molar-refractivity contribution is -0.120. The summed E-state index contributed by atoms with van der Waals surface area (Å²) in [6, 6.07) is 1.83. The molecule has 0 bridgehead atoms. The average Bonchev–Trinajstić information content (AvgIpc) is 2.70. The Morgan fingerprint density at radius 3 is 2.94 bits per heavy atom. The summed E-state index contributed by atoms with van der Waals surface area (Å²) in [5.74, 6) is 0.452. The van der Waals surface area contributed by atoms with Crippen molar-refractivity contribution in [3.63, 3.8) is 0 Å². The molecule has 1 saturated heterocycles. The number of carbonyl (C=O) groups excluding carboxylic acids is 1. The Morgan fingerprint density at radius 2 is 2.35 bits per heavy atom. The van der Waals surface area contributed by atoms with E-state index in [0.717, 1.165) is 18.7 Å². The molecule has 1 aliphatic rings. The van der Waals surface area contributed by atoms with Gasteiger partial charge in [-0.2, -0.15) is 0 Å². The molecule has 0 saturated carbocycles. The highest BCUT2D eigenvalue weighted by molar-refractivity contribution is 6.30. The van der Waals surface area contributed by atoms with Crippen LogP contribution in [0.15, 0.2) is 12.3 Å². The van der Waals surface area contributed by atoms with Gasteiger partial charge in [-0.15, -0.1) is 0 Å². The molecule has 2 N–H and O–H groups in total. The molecule has 17 heavy (non-hydrogen) atoms. The predicted molar refractivity (Wildman–Crippen MR) is 68.1 cm³/mol. The Bertz CT molecular complexity index is 436. The molecule has 2 rings (SSSR count). The number of aromatic nitrogens is 1. The van der Waals surface area contributed by atoms with E-state index >= 15 is 0 Å². The van der Waals surface area contributed by atoms with Gasteiger partial charge in [-0.3, -0.25) is 4.79 Å². The Labute approximate surface area is 106 Å². The second kappa shape index (κ2) is 5.02. The van der Waals surface area contributed by atoms with E-state index in [-0.39, 0.29) is 11.8 Å². The van der Waals surface area contributed by atoms with Crippen molar-refractivity contribution in [2.45, 2.75) is 13.8 Å². The van der Waals surface area contributed by atoms with Crippen molar-refractivity contribution in [2.24, 2.45) is 11.8 Å². The van der Waals surface area contributed by atoms with Gasteiger partial charge >= 0.3 is 0 Å². The number of pyridine rings is 1. The van der Waals surface area contributed by atoms with E-state index in [2.05, 4.69) is 22.5 Å². The second-order valence-corrected chi connectivity index (χ2v) is 4.92. The maximum atomic E-state index is 12.0. The molecule has 2 atom stereocenters. The van der Waals surface area contributed by atoms with Gasteiger partial charge in [0, 0.05) is 6.54 Å². The molecule has 4 nitrogen and oxygen atoms in total. The molecule has 1 aromatic rings. The molecule has 0 radical (unpaired) electrons. The molecule has 1 amide bonds. The summed E-state index contributed by atoms with van der Waals surface area (Å²) in [7, 11) is 0. The zero-order valence-electron chi connectivity index (χ0n) is 9.96. The van der Waals surface area contributed by atoms with Crippen LogP contribution in [0.2, 0.25) is 5.15 Å². The van der Waals surface area contributed by atoms with Crippen LogP contribution in [-0.2, 0) is 4.79 Å².